The number of nitro groups is 1. The van der Waals surface area contributed by atoms with Gasteiger partial charge in [-0.3, -0.25) is 14.9 Å². The van der Waals surface area contributed by atoms with Crippen LogP contribution in [0, 0.1) is 15.9 Å². The maximum Gasteiger partial charge on any atom is 0.306 e. The minimum atomic E-state index is -1.15. The van der Waals surface area contributed by atoms with E-state index in [4.69, 9.17) is 23.2 Å². The molecule has 0 aliphatic heterocycles. The Kier molecular flexibility index (Phi) is 3.03. The number of nitrogens with zero attached hydrogens (tertiary/aromatic N) is 1. The molecular weight excluding hydrogens is 236 g/mol. The Hall–Kier alpha value is -1.20. The molecule has 0 aromatic heterocycles. The number of nitro benzene ring substituents is 1. The van der Waals surface area contributed by atoms with Gasteiger partial charge in [-0.1, -0.05) is 11.6 Å². The Balaban J connectivity index is 3.38. The van der Waals surface area contributed by atoms with Crippen molar-refractivity contribution in [1.82, 2.24) is 0 Å². The van der Waals surface area contributed by atoms with E-state index in [1.807, 2.05) is 0 Å². The highest BCUT2D eigenvalue weighted by Crippen LogP contribution is 2.26. The molecule has 0 atom stereocenters. The summed E-state index contributed by atoms with van der Waals surface area (Å²) in [6, 6.07) is 1.38. The van der Waals surface area contributed by atoms with Crippen molar-refractivity contribution in [3.63, 3.8) is 0 Å². The Labute approximate surface area is 87.4 Å². The summed E-state index contributed by atoms with van der Waals surface area (Å²) >= 11 is 10.5. The standard InChI is InChI=1S/C7H2Cl2FNO3/c8-4-2-6(11(13)14)5(10)1-3(4)7(9)12/h1-2H. The zero-order valence-corrected chi connectivity index (χ0v) is 7.97. The van der Waals surface area contributed by atoms with Crippen LogP contribution in [0.3, 0.4) is 0 Å². The van der Waals surface area contributed by atoms with Crippen LogP contribution in [0.2, 0.25) is 5.02 Å². The summed E-state index contributed by atoms with van der Waals surface area (Å²) in [7, 11) is 0. The third-order valence-electron chi connectivity index (χ3n) is 1.44. The van der Waals surface area contributed by atoms with Gasteiger partial charge in [-0.15, -0.1) is 0 Å². The number of hydrogen-bond donors (Lipinski definition) is 0. The Morgan fingerprint density at radius 1 is 1.50 bits per heavy atom. The predicted molar refractivity (Wildman–Crippen MR) is 48.2 cm³/mol. The SMILES string of the molecule is O=C(Cl)c1cc(F)c([N+](=O)[O-])cc1Cl. The van der Waals surface area contributed by atoms with Crippen LogP contribution >= 0.6 is 23.2 Å². The Bertz CT molecular complexity index is 382. The van der Waals surface area contributed by atoms with Gasteiger partial charge in [0.1, 0.15) is 0 Å². The van der Waals surface area contributed by atoms with Gasteiger partial charge in [0.2, 0.25) is 5.82 Å². The monoisotopic (exact) mass is 237 g/mol. The fraction of sp³-hybridized carbons (Fsp3) is 0. The molecule has 0 saturated heterocycles. The number of rotatable bonds is 2. The third kappa shape index (κ3) is 2.00. The number of carbonyl (C=O) groups excluding carboxylic acids is 1. The lowest BCUT2D eigenvalue weighted by atomic mass is 10.2. The van der Waals surface area contributed by atoms with E-state index in [0.29, 0.717) is 6.07 Å². The van der Waals surface area contributed by atoms with Gasteiger partial charge < -0.3 is 0 Å². The molecule has 0 bridgehead atoms. The van der Waals surface area contributed by atoms with Crippen molar-refractivity contribution >= 4 is 34.1 Å². The molecular formula is C7H2Cl2FNO3. The molecule has 0 saturated carbocycles. The van der Waals surface area contributed by atoms with E-state index >= 15 is 0 Å². The van der Waals surface area contributed by atoms with Crippen molar-refractivity contribution in [1.29, 1.82) is 0 Å². The minimum Gasteiger partial charge on any atom is -0.276 e. The molecule has 74 valence electrons. The number of halogens is 3. The van der Waals surface area contributed by atoms with Gasteiger partial charge in [-0.25, -0.2) is 0 Å². The molecule has 0 heterocycles. The summed E-state index contributed by atoms with van der Waals surface area (Å²) in [6.07, 6.45) is 0. The van der Waals surface area contributed by atoms with E-state index in [1.54, 1.807) is 0 Å². The summed E-state index contributed by atoms with van der Waals surface area (Å²) in [4.78, 5) is 19.9. The molecule has 4 nitrogen and oxygen atoms in total. The molecule has 0 fully saturated rings. The summed E-state index contributed by atoms with van der Waals surface area (Å²) in [5.41, 5.74) is -1.09. The van der Waals surface area contributed by atoms with Gasteiger partial charge in [0.25, 0.3) is 5.24 Å². The molecule has 7 heteroatoms. The van der Waals surface area contributed by atoms with Crippen LogP contribution in [-0.4, -0.2) is 10.2 Å². The fourth-order valence-electron chi connectivity index (χ4n) is 0.827. The maximum absolute atomic E-state index is 12.9. The highest BCUT2D eigenvalue weighted by Gasteiger charge is 2.19. The van der Waals surface area contributed by atoms with E-state index in [1.165, 1.54) is 0 Å². The Morgan fingerprint density at radius 3 is 2.50 bits per heavy atom. The molecule has 14 heavy (non-hydrogen) atoms. The molecule has 0 spiro atoms. The molecule has 0 aliphatic carbocycles. The maximum atomic E-state index is 12.9. The van der Waals surface area contributed by atoms with Crippen LogP contribution in [0.4, 0.5) is 10.1 Å². The molecule has 1 aromatic rings. The molecule has 0 unspecified atom stereocenters. The molecule has 0 radical (unpaired) electrons. The second-order valence-corrected chi connectivity index (χ2v) is 3.06. The largest absolute Gasteiger partial charge is 0.306 e. The lowest BCUT2D eigenvalue weighted by molar-refractivity contribution is -0.387. The van der Waals surface area contributed by atoms with Crippen LogP contribution in [0.25, 0.3) is 0 Å². The van der Waals surface area contributed by atoms with Crippen LogP contribution in [0.15, 0.2) is 12.1 Å². The quantitative estimate of drug-likeness (QED) is 0.452. The zero-order valence-electron chi connectivity index (χ0n) is 6.46. The summed E-state index contributed by atoms with van der Waals surface area (Å²) in [6.45, 7) is 0. The van der Waals surface area contributed by atoms with Gasteiger partial charge in [-0.2, -0.15) is 4.39 Å². The second-order valence-electron chi connectivity index (χ2n) is 2.31. The van der Waals surface area contributed by atoms with E-state index in [0.717, 1.165) is 6.07 Å². The first-order valence-corrected chi connectivity index (χ1v) is 4.02. The Morgan fingerprint density at radius 2 is 2.07 bits per heavy atom. The van der Waals surface area contributed by atoms with E-state index in [-0.39, 0.29) is 10.6 Å². The molecule has 0 N–H and O–H groups in total. The highest BCUT2D eigenvalue weighted by atomic mass is 35.5. The number of hydrogen-bond acceptors (Lipinski definition) is 3. The lowest BCUT2D eigenvalue weighted by Gasteiger charge is -1.99. The summed E-state index contributed by atoms with van der Waals surface area (Å²) in [5.74, 6) is -1.15. The first-order chi connectivity index (χ1) is 6.43. The molecule has 1 rings (SSSR count). The first-order valence-electron chi connectivity index (χ1n) is 3.26. The van der Waals surface area contributed by atoms with Crippen LogP contribution in [0.5, 0.6) is 0 Å². The summed E-state index contributed by atoms with van der Waals surface area (Å²) in [5, 5.41) is 9.02. The average molecular weight is 238 g/mol. The fourth-order valence-corrected chi connectivity index (χ4v) is 1.28. The van der Waals surface area contributed by atoms with Gasteiger partial charge in [0.15, 0.2) is 0 Å². The van der Waals surface area contributed by atoms with Gasteiger partial charge in [-0.05, 0) is 17.7 Å². The first kappa shape index (κ1) is 10.9. The van der Waals surface area contributed by atoms with Gasteiger partial charge >= 0.3 is 5.69 Å². The van der Waals surface area contributed by atoms with Crippen LogP contribution in [0.1, 0.15) is 10.4 Å². The van der Waals surface area contributed by atoms with Crippen molar-refractivity contribution < 1.29 is 14.1 Å². The van der Waals surface area contributed by atoms with E-state index in [9.17, 15) is 19.3 Å². The lowest BCUT2D eigenvalue weighted by Crippen LogP contribution is -1.97. The van der Waals surface area contributed by atoms with Crippen molar-refractivity contribution in [3.05, 3.63) is 38.7 Å². The van der Waals surface area contributed by atoms with E-state index < -0.39 is 21.7 Å². The van der Waals surface area contributed by atoms with E-state index in [2.05, 4.69) is 0 Å². The van der Waals surface area contributed by atoms with Gasteiger partial charge in [0.05, 0.1) is 15.5 Å². The smallest absolute Gasteiger partial charge is 0.276 e. The van der Waals surface area contributed by atoms with Gasteiger partial charge in [0, 0.05) is 6.07 Å². The van der Waals surface area contributed by atoms with Crippen molar-refractivity contribution in [2.24, 2.45) is 0 Å². The third-order valence-corrected chi connectivity index (χ3v) is 1.96. The van der Waals surface area contributed by atoms with Crippen molar-refractivity contribution in [2.45, 2.75) is 0 Å². The predicted octanol–water partition coefficient (Wildman–Crippen LogP) is 2.77. The average Bonchev–Trinajstić information content (AvgIpc) is 2.07. The molecule has 1 aromatic carbocycles. The van der Waals surface area contributed by atoms with Crippen LogP contribution < -0.4 is 0 Å². The number of carbonyl (C=O) groups is 1. The number of benzene rings is 1. The molecule has 0 aliphatic rings. The second kappa shape index (κ2) is 3.89. The minimum absolute atomic E-state index is 0.252. The van der Waals surface area contributed by atoms with Crippen LogP contribution in [-0.2, 0) is 0 Å². The summed E-state index contributed by atoms with van der Waals surface area (Å²) < 4.78 is 12.9. The highest BCUT2D eigenvalue weighted by molar-refractivity contribution is 6.68. The molecule has 0 amide bonds. The van der Waals surface area contributed by atoms with Crippen molar-refractivity contribution in [2.75, 3.05) is 0 Å². The normalized spacial score (nSPS) is 9.93. The van der Waals surface area contributed by atoms with Crippen molar-refractivity contribution in [3.8, 4) is 0 Å². The zero-order chi connectivity index (χ0) is 10.9. The topological polar surface area (TPSA) is 60.2 Å².